The highest BCUT2D eigenvalue weighted by atomic mass is 16.2. The maximum Gasteiger partial charge on any atom is 0.238 e. The Kier molecular flexibility index (Phi) is 5.73. The molecule has 0 aromatic heterocycles. The summed E-state index contributed by atoms with van der Waals surface area (Å²) in [5.74, 6) is 0.147. The molecule has 0 aromatic carbocycles. The molecule has 1 atom stereocenters. The second kappa shape index (κ2) is 6.83. The predicted octanol–water partition coefficient (Wildman–Crippen LogP) is -1.04. The lowest BCUT2D eigenvalue weighted by Crippen LogP contribution is -2.58. The highest BCUT2D eigenvalue weighted by Crippen LogP contribution is 2.03. The molecule has 1 amide bonds. The van der Waals surface area contributed by atoms with Crippen LogP contribution >= 0.6 is 0 Å². The van der Waals surface area contributed by atoms with E-state index in [1.807, 2.05) is 6.92 Å². The van der Waals surface area contributed by atoms with Crippen LogP contribution in [0.25, 0.3) is 0 Å². The van der Waals surface area contributed by atoms with Gasteiger partial charge in [0.2, 0.25) is 5.91 Å². The van der Waals surface area contributed by atoms with Crippen molar-refractivity contribution in [3.8, 4) is 0 Å². The van der Waals surface area contributed by atoms with Gasteiger partial charge in [0.25, 0.3) is 0 Å². The fourth-order valence-electron chi connectivity index (χ4n) is 1.89. The van der Waals surface area contributed by atoms with Gasteiger partial charge in [-0.3, -0.25) is 9.69 Å². The average Bonchev–Trinajstić information content (AvgIpc) is 2.27. The van der Waals surface area contributed by atoms with Gasteiger partial charge in [0.1, 0.15) is 6.04 Å². The molecule has 0 bridgehead atoms. The van der Waals surface area contributed by atoms with E-state index in [4.69, 9.17) is 0 Å². The lowest BCUT2D eigenvalue weighted by molar-refractivity contribution is -0.127. The second-order valence-electron chi connectivity index (χ2n) is 4.45. The van der Waals surface area contributed by atoms with Crippen molar-refractivity contribution >= 4 is 5.91 Å². The molecule has 16 heavy (non-hydrogen) atoms. The Labute approximate surface area is 98.2 Å². The molecule has 0 aromatic rings. The van der Waals surface area contributed by atoms with Gasteiger partial charge in [-0.2, -0.15) is 0 Å². The van der Waals surface area contributed by atoms with Crippen molar-refractivity contribution in [1.82, 2.24) is 20.4 Å². The van der Waals surface area contributed by atoms with Crippen molar-refractivity contribution in [3.05, 3.63) is 0 Å². The first-order chi connectivity index (χ1) is 7.65. The third-order valence-electron chi connectivity index (χ3n) is 2.84. The Morgan fingerprint density at radius 2 is 2.31 bits per heavy atom. The van der Waals surface area contributed by atoms with Crippen molar-refractivity contribution in [2.75, 3.05) is 53.4 Å². The van der Waals surface area contributed by atoms with Crippen molar-refractivity contribution in [1.29, 1.82) is 0 Å². The molecule has 1 heterocycles. The standard InChI is InChI=1S/C11H24N4O/c1-4-13-11(16)10-9-12-5-6-15(10)8-7-14(2)3/h10,12H,4-9H2,1-3H3,(H,13,16). The number of rotatable bonds is 5. The van der Waals surface area contributed by atoms with Crippen molar-refractivity contribution < 1.29 is 4.79 Å². The Balaban J connectivity index is 2.46. The maximum absolute atomic E-state index is 11.8. The fourth-order valence-corrected chi connectivity index (χ4v) is 1.89. The van der Waals surface area contributed by atoms with Gasteiger partial charge in [-0.25, -0.2) is 0 Å². The first kappa shape index (κ1) is 13.4. The molecule has 0 radical (unpaired) electrons. The lowest BCUT2D eigenvalue weighted by Gasteiger charge is -2.35. The van der Waals surface area contributed by atoms with Crippen LogP contribution in [0.3, 0.4) is 0 Å². The largest absolute Gasteiger partial charge is 0.355 e. The molecular weight excluding hydrogens is 204 g/mol. The average molecular weight is 228 g/mol. The van der Waals surface area contributed by atoms with E-state index in [0.717, 1.165) is 32.7 Å². The second-order valence-corrected chi connectivity index (χ2v) is 4.45. The highest BCUT2D eigenvalue weighted by Gasteiger charge is 2.27. The minimum atomic E-state index is -0.00588. The van der Waals surface area contributed by atoms with E-state index in [0.29, 0.717) is 6.54 Å². The molecule has 0 saturated carbocycles. The van der Waals surface area contributed by atoms with E-state index < -0.39 is 0 Å². The number of nitrogens with one attached hydrogen (secondary N) is 2. The van der Waals surface area contributed by atoms with Crippen LogP contribution in [0, 0.1) is 0 Å². The van der Waals surface area contributed by atoms with E-state index in [1.54, 1.807) is 0 Å². The zero-order valence-electron chi connectivity index (χ0n) is 10.6. The van der Waals surface area contributed by atoms with E-state index in [9.17, 15) is 4.79 Å². The Morgan fingerprint density at radius 3 is 2.94 bits per heavy atom. The lowest BCUT2D eigenvalue weighted by atomic mass is 10.1. The topological polar surface area (TPSA) is 47.6 Å². The summed E-state index contributed by atoms with van der Waals surface area (Å²) in [6, 6.07) is -0.00588. The molecule has 1 saturated heterocycles. The summed E-state index contributed by atoms with van der Waals surface area (Å²) in [4.78, 5) is 16.3. The van der Waals surface area contributed by atoms with E-state index >= 15 is 0 Å². The molecule has 5 heteroatoms. The number of piperazine rings is 1. The predicted molar refractivity (Wildman–Crippen MR) is 65.5 cm³/mol. The Hall–Kier alpha value is -0.650. The molecule has 2 N–H and O–H groups in total. The number of carbonyl (C=O) groups is 1. The first-order valence-corrected chi connectivity index (χ1v) is 6.02. The van der Waals surface area contributed by atoms with Crippen LogP contribution in [0.15, 0.2) is 0 Å². The van der Waals surface area contributed by atoms with Crippen LogP contribution in [-0.4, -0.2) is 75.1 Å². The third-order valence-corrected chi connectivity index (χ3v) is 2.84. The van der Waals surface area contributed by atoms with Crippen molar-refractivity contribution in [3.63, 3.8) is 0 Å². The normalized spacial score (nSPS) is 22.4. The summed E-state index contributed by atoms with van der Waals surface area (Å²) in [5, 5.41) is 6.17. The molecule has 1 fully saturated rings. The molecule has 94 valence electrons. The zero-order valence-corrected chi connectivity index (χ0v) is 10.6. The van der Waals surface area contributed by atoms with Gasteiger partial charge in [-0.1, -0.05) is 0 Å². The van der Waals surface area contributed by atoms with Gasteiger partial charge in [0.05, 0.1) is 0 Å². The highest BCUT2D eigenvalue weighted by molar-refractivity contribution is 5.82. The van der Waals surface area contributed by atoms with Crippen LogP contribution in [0.1, 0.15) is 6.92 Å². The monoisotopic (exact) mass is 228 g/mol. The van der Waals surface area contributed by atoms with Gasteiger partial charge in [0.15, 0.2) is 0 Å². The summed E-state index contributed by atoms with van der Waals surface area (Å²) in [7, 11) is 4.12. The van der Waals surface area contributed by atoms with E-state index in [1.165, 1.54) is 0 Å². The molecule has 5 nitrogen and oxygen atoms in total. The van der Waals surface area contributed by atoms with Crippen molar-refractivity contribution in [2.45, 2.75) is 13.0 Å². The summed E-state index contributed by atoms with van der Waals surface area (Å²) in [5.41, 5.74) is 0. The molecule has 1 aliphatic rings. The summed E-state index contributed by atoms with van der Waals surface area (Å²) in [6.45, 7) is 7.31. The van der Waals surface area contributed by atoms with Crippen LogP contribution in [0.2, 0.25) is 0 Å². The SMILES string of the molecule is CCNC(=O)C1CNCCN1CCN(C)C. The van der Waals surface area contributed by atoms with Crippen LogP contribution in [0.5, 0.6) is 0 Å². The van der Waals surface area contributed by atoms with Crippen LogP contribution in [-0.2, 0) is 4.79 Å². The number of likely N-dealkylation sites (N-methyl/N-ethyl adjacent to an activating group) is 2. The maximum atomic E-state index is 11.8. The minimum absolute atomic E-state index is 0.00588. The zero-order chi connectivity index (χ0) is 12.0. The number of amides is 1. The number of carbonyl (C=O) groups excluding carboxylic acids is 1. The Morgan fingerprint density at radius 1 is 1.56 bits per heavy atom. The first-order valence-electron chi connectivity index (χ1n) is 6.02. The van der Waals surface area contributed by atoms with Gasteiger partial charge >= 0.3 is 0 Å². The van der Waals surface area contributed by atoms with Gasteiger partial charge in [-0.05, 0) is 21.0 Å². The summed E-state index contributed by atoms with van der Waals surface area (Å²) >= 11 is 0. The smallest absolute Gasteiger partial charge is 0.238 e. The van der Waals surface area contributed by atoms with Crippen molar-refractivity contribution in [2.24, 2.45) is 0 Å². The van der Waals surface area contributed by atoms with Crippen LogP contribution in [0.4, 0.5) is 0 Å². The van der Waals surface area contributed by atoms with E-state index in [-0.39, 0.29) is 11.9 Å². The van der Waals surface area contributed by atoms with Gasteiger partial charge < -0.3 is 15.5 Å². The van der Waals surface area contributed by atoms with Gasteiger partial charge in [0, 0.05) is 39.3 Å². The summed E-state index contributed by atoms with van der Waals surface area (Å²) < 4.78 is 0. The number of hydrogen-bond donors (Lipinski definition) is 2. The molecule has 0 spiro atoms. The fraction of sp³-hybridized carbons (Fsp3) is 0.909. The third kappa shape index (κ3) is 4.08. The quantitative estimate of drug-likeness (QED) is 0.631. The molecular formula is C11H24N4O. The van der Waals surface area contributed by atoms with Gasteiger partial charge in [-0.15, -0.1) is 0 Å². The number of hydrogen-bond acceptors (Lipinski definition) is 4. The number of nitrogens with zero attached hydrogens (tertiary/aromatic N) is 2. The Bertz CT molecular complexity index is 220. The molecule has 1 aliphatic heterocycles. The molecule has 1 unspecified atom stereocenters. The molecule has 1 rings (SSSR count). The van der Waals surface area contributed by atoms with E-state index in [2.05, 4.69) is 34.5 Å². The van der Waals surface area contributed by atoms with Crippen LogP contribution < -0.4 is 10.6 Å². The summed E-state index contributed by atoms with van der Waals surface area (Å²) in [6.07, 6.45) is 0. The minimum Gasteiger partial charge on any atom is -0.355 e. The molecule has 0 aliphatic carbocycles.